The molecular formula is C16H14N2O6. The fraction of sp³-hybridized carbons (Fsp3) is 0. The molecule has 0 saturated carbocycles. The van der Waals surface area contributed by atoms with E-state index >= 15 is 0 Å². The van der Waals surface area contributed by atoms with Gasteiger partial charge in [0.2, 0.25) is 11.8 Å². The Hall–Kier alpha value is -3.68. The van der Waals surface area contributed by atoms with Crippen molar-refractivity contribution >= 4 is 23.8 Å². The molecule has 2 amide bonds. The molecule has 0 spiro atoms. The molecule has 0 atom stereocenters. The van der Waals surface area contributed by atoms with Crippen molar-refractivity contribution in [2.24, 2.45) is 11.5 Å². The molecule has 24 heavy (non-hydrogen) atoms. The topological polar surface area (TPSA) is 161 Å². The third-order valence-electron chi connectivity index (χ3n) is 2.83. The normalized spacial score (nSPS) is 9.33. The molecule has 6 N–H and O–H groups in total. The summed E-state index contributed by atoms with van der Waals surface area (Å²) in [5.74, 6) is -3.17. The number of carboxylic acid groups (broad SMARTS) is 2. The third-order valence-corrected chi connectivity index (χ3v) is 2.83. The maximum absolute atomic E-state index is 10.6. The molecular weight excluding hydrogens is 316 g/mol. The van der Waals surface area contributed by atoms with Gasteiger partial charge in [-0.1, -0.05) is 0 Å². The van der Waals surface area contributed by atoms with E-state index in [-0.39, 0.29) is 11.1 Å². The number of carbonyl (C=O) groups excluding carboxylic acids is 2. The summed E-state index contributed by atoms with van der Waals surface area (Å²) in [6, 6.07) is 10.9. The lowest BCUT2D eigenvalue weighted by Crippen LogP contribution is -2.10. The van der Waals surface area contributed by atoms with Gasteiger partial charge in [-0.05, 0) is 48.5 Å². The van der Waals surface area contributed by atoms with Crippen LogP contribution in [0.25, 0.3) is 0 Å². The highest BCUT2D eigenvalue weighted by atomic mass is 16.4. The first-order valence-electron chi connectivity index (χ1n) is 6.48. The van der Waals surface area contributed by atoms with Crippen LogP contribution < -0.4 is 11.5 Å². The lowest BCUT2D eigenvalue weighted by Gasteiger charge is -1.95. The van der Waals surface area contributed by atoms with Gasteiger partial charge in [0.05, 0.1) is 11.1 Å². The molecule has 0 bridgehead atoms. The molecule has 8 heteroatoms. The fourth-order valence-corrected chi connectivity index (χ4v) is 1.55. The number of rotatable bonds is 4. The van der Waals surface area contributed by atoms with E-state index in [0.717, 1.165) is 0 Å². The predicted molar refractivity (Wildman–Crippen MR) is 83.8 cm³/mol. The average Bonchev–Trinajstić information content (AvgIpc) is 2.55. The number of hydrogen-bond donors (Lipinski definition) is 4. The van der Waals surface area contributed by atoms with Gasteiger partial charge in [0.25, 0.3) is 0 Å². The van der Waals surface area contributed by atoms with E-state index in [9.17, 15) is 19.2 Å². The maximum Gasteiger partial charge on any atom is 0.335 e. The Bertz CT molecular complexity index is 633. The minimum Gasteiger partial charge on any atom is -0.478 e. The first-order valence-corrected chi connectivity index (χ1v) is 6.48. The fourth-order valence-electron chi connectivity index (χ4n) is 1.55. The lowest BCUT2D eigenvalue weighted by atomic mass is 10.1. The molecule has 0 unspecified atom stereocenters. The summed E-state index contributed by atoms with van der Waals surface area (Å²) in [4.78, 5) is 41.8. The van der Waals surface area contributed by atoms with Crippen molar-refractivity contribution < 1.29 is 29.4 Å². The number of primary amides is 2. The van der Waals surface area contributed by atoms with Crippen LogP contribution in [0.5, 0.6) is 0 Å². The van der Waals surface area contributed by atoms with Crippen LogP contribution in [-0.2, 0) is 0 Å². The first kappa shape index (κ1) is 18.4. The Morgan fingerprint density at radius 2 is 0.750 bits per heavy atom. The van der Waals surface area contributed by atoms with Crippen LogP contribution in [0.1, 0.15) is 41.4 Å². The van der Waals surface area contributed by atoms with E-state index in [2.05, 4.69) is 0 Å². The molecule has 2 rings (SSSR count). The molecule has 0 saturated heterocycles. The molecule has 2 aromatic rings. The van der Waals surface area contributed by atoms with Gasteiger partial charge in [-0.25, -0.2) is 9.59 Å². The van der Waals surface area contributed by atoms with Crippen LogP contribution in [0, 0.1) is 0 Å². The van der Waals surface area contributed by atoms with Crippen molar-refractivity contribution in [2.75, 3.05) is 0 Å². The zero-order chi connectivity index (χ0) is 18.3. The summed E-state index contributed by atoms with van der Waals surface area (Å²) in [5, 5.41) is 17.0. The highest BCUT2D eigenvalue weighted by Crippen LogP contribution is 2.04. The smallest absolute Gasteiger partial charge is 0.335 e. The summed E-state index contributed by atoms with van der Waals surface area (Å²) < 4.78 is 0. The van der Waals surface area contributed by atoms with Crippen molar-refractivity contribution in [1.29, 1.82) is 0 Å². The van der Waals surface area contributed by atoms with E-state index in [0.29, 0.717) is 11.1 Å². The molecule has 0 aliphatic heterocycles. The number of carboxylic acids is 2. The molecule has 0 heterocycles. The quantitative estimate of drug-likeness (QED) is 0.653. The Morgan fingerprint density at radius 1 is 0.542 bits per heavy atom. The van der Waals surface area contributed by atoms with Crippen LogP contribution in [0.2, 0.25) is 0 Å². The van der Waals surface area contributed by atoms with Gasteiger partial charge in [-0.3, -0.25) is 9.59 Å². The Labute approximate surface area is 136 Å². The molecule has 0 aliphatic carbocycles. The lowest BCUT2D eigenvalue weighted by molar-refractivity contribution is 0.0686. The number of nitrogens with two attached hydrogens (primary N) is 2. The highest BCUT2D eigenvalue weighted by molar-refractivity contribution is 5.95. The number of benzene rings is 2. The highest BCUT2D eigenvalue weighted by Gasteiger charge is 2.04. The van der Waals surface area contributed by atoms with Gasteiger partial charge in [0.15, 0.2) is 0 Å². The van der Waals surface area contributed by atoms with E-state index in [4.69, 9.17) is 21.7 Å². The van der Waals surface area contributed by atoms with Gasteiger partial charge in [-0.15, -0.1) is 0 Å². The second kappa shape index (κ2) is 8.08. The summed E-state index contributed by atoms with van der Waals surface area (Å²) in [5.41, 5.74) is 10.8. The van der Waals surface area contributed by atoms with E-state index in [1.54, 1.807) is 0 Å². The Morgan fingerprint density at radius 3 is 0.917 bits per heavy atom. The van der Waals surface area contributed by atoms with Gasteiger partial charge >= 0.3 is 11.9 Å². The first-order chi connectivity index (χ1) is 11.2. The molecule has 2 aromatic carbocycles. The monoisotopic (exact) mass is 330 g/mol. The van der Waals surface area contributed by atoms with Crippen LogP contribution in [0.3, 0.4) is 0 Å². The molecule has 0 radical (unpaired) electrons. The third kappa shape index (κ3) is 5.26. The van der Waals surface area contributed by atoms with Crippen molar-refractivity contribution in [3.05, 3.63) is 70.8 Å². The summed E-state index contributed by atoms with van der Waals surface area (Å²) in [6.45, 7) is 0. The van der Waals surface area contributed by atoms with Gasteiger partial charge in [-0.2, -0.15) is 0 Å². The summed E-state index contributed by atoms with van der Waals surface area (Å²) in [6.07, 6.45) is 0. The number of hydrogen-bond acceptors (Lipinski definition) is 4. The van der Waals surface area contributed by atoms with Gasteiger partial charge in [0.1, 0.15) is 0 Å². The van der Waals surface area contributed by atoms with E-state index < -0.39 is 23.8 Å². The number of carbonyl (C=O) groups is 4. The van der Waals surface area contributed by atoms with Gasteiger partial charge in [0, 0.05) is 11.1 Å². The zero-order valence-electron chi connectivity index (χ0n) is 12.3. The number of aromatic carboxylic acids is 2. The van der Waals surface area contributed by atoms with Crippen LogP contribution in [-0.4, -0.2) is 34.0 Å². The minimum atomic E-state index is -1.02. The second-order valence-electron chi connectivity index (χ2n) is 4.49. The van der Waals surface area contributed by atoms with Crippen molar-refractivity contribution in [3.63, 3.8) is 0 Å². The molecule has 0 aliphatic rings. The van der Waals surface area contributed by atoms with E-state index in [1.165, 1.54) is 48.5 Å². The minimum absolute atomic E-state index is 0.139. The Kier molecular flexibility index (Phi) is 6.19. The van der Waals surface area contributed by atoms with E-state index in [1.807, 2.05) is 0 Å². The van der Waals surface area contributed by atoms with Crippen LogP contribution in [0.4, 0.5) is 0 Å². The summed E-state index contributed by atoms with van der Waals surface area (Å²) >= 11 is 0. The number of amides is 2. The van der Waals surface area contributed by atoms with Crippen LogP contribution >= 0.6 is 0 Å². The van der Waals surface area contributed by atoms with Crippen LogP contribution in [0.15, 0.2) is 48.5 Å². The van der Waals surface area contributed by atoms with Crippen molar-refractivity contribution in [1.82, 2.24) is 0 Å². The summed E-state index contributed by atoms with van der Waals surface area (Å²) in [7, 11) is 0. The Balaban J connectivity index is 0.000000240. The molecule has 0 aromatic heterocycles. The zero-order valence-corrected chi connectivity index (χ0v) is 12.3. The molecule has 0 fully saturated rings. The maximum atomic E-state index is 10.6. The molecule has 8 nitrogen and oxygen atoms in total. The van der Waals surface area contributed by atoms with Gasteiger partial charge < -0.3 is 21.7 Å². The largest absolute Gasteiger partial charge is 0.478 e. The SMILES string of the molecule is NC(=O)c1ccc(C(=O)O)cc1.NC(=O)c1ccc(C(=O)O)cc1. The van der Waals surface area contributed by atoms with Crippen molar-refractivity contribution in [2.45, 2.75) is 0 Å². The predicted octanol–water partition coefficient (Wildman–Crippen LogP) is 0.967. The standard InChI is InChI=1S/2C8H7NO3/c2*9-7(10)5-1-3-6(4-2-5)8(11)12/h2*1-4H,(H2,9,10)(H,11,12). The van der Waals surface area contributed by atoms with Crippen molar-refractivity contribution in [3.8, 4) is 0 Å². The molecule has 124 valence electrons. The second-order valence-corrected chi connectivity index (χ2v) is 4.49. The average molecular weight is 330 g/mol.